The second-order valence-corrected chi connectivity index (χ2v) is 1.75. The van der Waals surface area contributed by atoms with Crippen molar-refractivity contribution in [3.63, 3.8) is 0 Å². The summed E-state index contributed by atoms with van der Waals surface area (Å²) < 4.78 is 0. The van der Waals surface area contributed by atoms with Gasteiger partial charge in [0.2, 0.25) is 0 Å². The van der Waals surface area contributed by atoms with Crippen molar-refractivity contribution < 1.29 is 0 Å². The minimum absolute atomic E-state index is 0.924. The molecule has 0 radical (unpaired) electrons. The molecule has 1 N–H and O–H groups in total. The average molecular weight is 110 g/mol. The third-order valence-electron chi connectivity index (χ3n) is 1.16. The van der Waals surface area contributed by atoms with Crippen molar-refractivity contribution in [1.29, 1.82) is 0 Å². The Bertz CT molecular complexity index is 124. The molecule has 0 atom stereocenters. The third-order valence-corrected chi connectivity index (χ3v) is 1.16. The molecular formula is C6H10N2. The average Bonchev–Trinajstić information content (AvgIpc) is 1.90. The van der Waals surface area contributed by atoms with Gasteiger partial charge in [0.15, 0.2) is 0 Å². The van der Waals surface area contributed by atoms with E-state index < -0.39 is 0 Å². The van der Waals surface area contributed by atoms with E-state index in [1.807, 2.05) is 6.20 Å². The summed E-state index contributed by atoms with van der Waals surface area (Å²) in [7, 11) is 0. The van der Waals surface area contributed by atoms with Crippen molar-refractivity contribution in [1.82, 2.24) is 5.32 Å². The Morgan fingerprint density at radius 2 is 2.75 bits per heavy atom. The van der Waals surface area contributed by atoms with E-state index in [0.717, 1.165) is 13.0 Å². The van der Waals surface area contributed by atoms with Crippen molar-refractivity contribution in [2.24, 2.45) is 4.99 Å². The number of rotatable bonds is 1. The zero-order valence-electron chi connectivity index (χ0n) is 5.02. The second-order valence-electron chi connectivity index (χ2n) is 1.75. The first-order valence-electron chi connectivity index (χ1n) is 2.87. The van der Waals surface area contributed by atoms with Crippen LogP contribution >= 0.6 is 0 Å². The first-order valence-corrected chi connectivity index (χ1v) is 2.87. The summed E-state index contributed by atoms with van der Waals surface area (Å²) in [5, 5.41) is 3.07. The van der Waals surface area contributed by atoms with Crippen LogP contribution < -0.4 is 5.32 Å². The maximum atomic E-state index is 4.12. The van der Waals surface area contributed by atoms with E-state index in [0.29, 0.717) is 0 Å². The van der Waals surface area contributed by atoms with E-state index in [1.54, 1.807) is 6.20 Å². The first-order chi connectivity index (χ1) is 3.93. The third kappa shape index (κ3) is 1.09. The fourth-order valence-corrected chi connectivity index (χ4v) is 0.634. The molecule has 0 unspecified atom stereocenters. The van der Waals surface area contributed by atoms with Crippen LogP contribution in [0.3, 0.4) is 0 Å². The summed E-state index contributed by atoms with van der Waals surface area (Å²) in [5.41, 5.74) is 1.23. The molecule has 0 aromatic heterocycles. The van der Waals surface area contributed by atoms with Crippen LogP contribution in [0.2, 0.25) is 0 Å². The lowest BCUT2D eigenvalue weighted by Gasteiger charge is -2.05. The Labute approximate surface area is 49.3 Å². The fraction of sp³-hybridized carbons (Fsp3) is 0.500. The fourth-order valence-electron chi connectivity index (χ4n) is 0.634. The topological polar surface area (TPSA) is 24.4 Å². The van der Waals surface area contributed by atoms with Crippen LogP contribution in [0.15, 0.2) is 17.4 Å². The summed E-state index contributed by atoms with van der Waals surface area (Å²) in [6.45, 7) is 3.03. The standard InChI is InChI=1S/C6H10N2/c1-2-6-5-7-3-4-8-6/h3-4,7H,2,5H2,1H3. The van der Waals surface area contributed by atoms with Crippen LogP contribution in [-0.2, 0) is 0 Å². The number of nitrogens with zero attached hydrogens (tertiary/aromatic N) is 1. The van der Waals surface area contributed by atoms with Gasteiger partial charge in [-0.15, -0.1) is 0 Å². The van der Waals surface area contributed by atoms with Crippen LogP contribution in [0, 0.1) is 0 Å². The predicted octanol–water partition coefficient (Wildman–Crippen LogP) is 0.912. The minimum Gasteiger partial charge on any atom is -0.384 e. The Morgan fingerprint density at radius 3 is 3.12 bits per heavy atom. The van der Waals surface area contributed by atoms with Crippen molar-refractivity contribution in [3.05, 3.63) is 12.4 Å². The summed E-state index contributed by atoms with van der Waals surface area (Å²) in [5.74, 6) is 0. The Kier molecular flexibility index (Phi) is 1.67. The zero-order valence-corrected chi connectivity index (χ0v) is 5.02. The highest BCUT2D eigenvalue weighted by Crippen LogP contribution is 1.89. The molecule has 0 aliphatic carbocycles. The molecule has 1 aliphatic heterocycles. The highest BCUT2D eigenvalue weighted by atomic mass is 14.9. The van der Waals surface area contributed by atoms with Gasteiger partial charge in [-0.3, -0.25) is 4.99 Å². The van der Waals surface area contributed by atoms with Gasteiger partial charge in [-0.05, 0) is 6.42 Å². The predicted molar refractivity (Wildman–Crippen MR) is 34.9 cm³/mol. The minimum atomic E-state index is 0.924. The van der Waals surface area contributed by atoms with Crippen LogP contribution in [0.5, 0.6) is 0 Å². The monoisotopic (exact) mass is 110 g/mol. The van der Waals surface area contributed by atoms with E-state index in [9.17, 15) is 0 Å². The van der Waals surface area contributed by atoms with E-state index in [1.165, 1.54) is 5.71 Å². The van der Waals surface area contributed by atoms with Gasteiger partial charge < -0.3 is 5.32 Å². The molecule has 2 heteroatoms. The molecule has 2 nitrogen and oxygen atoms in total. The smallest absolute Gasteiger partial charge is 0.0528 e. The number of nitrogens with one attached hydrogen (secondary N) is 1. The number of hydrogen-bond donors (Lipinski definition) is 1. The summed E-state index contributed by atoms with van der Waals surface area (Å²) in [4.78, 5) is 4.12. The van der Waals surface area contributed by atoms with Crippen molar-refractivity contribution in [2.75, 3.05) is 6.54 Å². The van der Waals surface area contributed by atoms with E-state index >= 15 is 0 Å². The van der Waals surface area contributed by atoms with E-state index in [4.69, 9.17) is 0 Å². The van der Waals surface area contributed by atoms with Crippen LogP contribution in [0.4, 0.5) is 0 Å². The van der Waals surface area contributed by atoms with Crippen LogP contribution in [0.25, 0.3) is 0 Å². The molecular weight excluding hydrogens is 100 g/mol. The van der Waals surface area contributed by atoms with Crippen molar-refractivity contribution in [2.45, 2.75) is 13.3 Å². The molecule has 0 spiro atoms. The van der Waals surface area contributed by atoms with Gasteiger partial charge in [-0.1, -0.05) is 6.92 Å². The van der Waals surface area contributed by atoms with E-state index in [2.05, 4.69) is 17.2 Å². The van der Waals surface area contributed by atoms with Gasteiger partial charge in [0, 0.05) is 18.1 Å². The van der Waals surface area contributed by atoms with Gasteiger partial charge in [0.1, 0.15) is 0 Å². The number of hydrogen-bond acceptors (Lipinski definition) is 2. The van der Waals surface area contributed by atoms with Gasteiger partial charge in [0.25, 0.3) is 0 Å². The maximum Gasteiger partial charge on any atom is 0.0528 e. The molecule has 0 saturated heterocycles. The second kappa shape index (κ2) is 2.50. The molecule has 0 bridgehead atoms. The lowest BCUT2D eigenvalue weighted by molar-refractivity contribution is 0.962. The number of aliphatic imine (C=N–C) groups is 1. The molecule has 44 valence electrons. The molecule has 0 fully saturated rings. The van der Waals surface area contributed by atoms with Crippen LogP contribution in [0.1, 0.15) is 13.3 Å². The Hall–Kier alpha value is -0.790. The van der Waals surface area contributed by atoms with Gasteiger partial charge >= 0.3 is 0 Å². The quantitative estimate of drug-likeness (QED) is 0.533. The molecule has 1 heterocycles. The lowest BCUT2D eigenvalue weighted by Crippen LogP contribution is -2.19. The normalized spacial score (nSPS) is 17.4. The molecule has 1 aliphatic rings. The maximum absolute atomic E-state index is 4.12. The molecule has 0 aromatic rings. The first kappa shape index (κ1) is 5.35. The van der Waals surface area contributed by atoms with Crippen molar-refractivity contribution in [3.8, 4) is 0 Å². The van der Waals surface area contributed by atoms with Crippen LogP contribution in [-0.4, -0.2) is 12.3 Å². The molecule has 0 saturated carbocycles. The molecule has 8 heavy (non-hydrogen) atoms. The van der Waals surface area contributed by atoms with Gasteiger partial charge in [-0.25, -0.2) is 0 Å². The summed E-state index contributed by atoms with van der Waals surface area (Å²) in [6.07, 6.45) is 4.71. The SMILES string of the molecule is CCC1=NC=CNC1. The Balaban J connectivity index is 2.50. The van der Waals surface area contributed by atoms with E-state index in [-0.39, 0.29) is 0 Å². The largest absolute Gasteiger partial charge is 0.384 e. The molecule has 0 amide bonds. The zero-order chi connectivity index (χ0) is 5.82. The van der Waals surface area contributed by atoms with Gasteiger partial charge in [0.05, 0.1) is 6.54 Å². The highest BCUT2D eigenvalue weighted by Gasteiger charge is 1.93. The highest BCUT2D eigenvalue weighted by molar-refractivity contribution is 5.87. The van der Waals surface area contributed by atoms with Crippen molar-refractivity contribution >= 4 is 5.71 Å². The van der Waals surface area contributed by atoms with Gasteiger partial charge in [-0.2, -0.15) is 0 Å². The summed E-state index contributed by atoms with van der Waals surface area (Å²) in [6, 6.07) is 0. The summed E-state index contributed by atoms with van der Waals surface area (Å²) >= 11 is 0. The molecule has 1 rings (SSSR count). The molecule has 0 aromatic carbocycles. The lowest BCUT2D eigenvalue weighted by atomic mass is 10.3. The Morgan fingerprint density at radius 1 is 1.88 bits per heavy atom.